The molecule has 1 aromatic carbocycles. The molecule has 0 fully saturated rings. The van der Waals surface area contributed by atoms with Crippen molar-refractivity contribution in [3.63, 3.8) is 0 Å². The molecule has 0 spiro atoms. The third-order valence-corrected chi connectivity index (χ3v) is 4.06. The molecule has 2 rings (SSSR count). The van der Waals surface area contributed by atoms with E-state index in [1.165, 1.54) is 17.0 Å². The van der Waals surface area contributed by atoms with Crippen LogP contribution < -0.4 is 5.32 Å². The Morgan fingerprint density at radius 3 is 2.83 bits per heavy atom. The van der Waals surface area contributed by atoms with E-state index in [1.54, 1.807) is 17.4 Å². The van der Waals surface area contributed by atoms with Crippen molar-refractivity contribution >= 4 is 22.9 Å². The van der Waals surface area contributed by atoms with E-state index in [1.807, 2.05) is 7.05 Å². The summed E-state index contributed by atoms with van der Waals surface area (Å²) in [5.41, 5.74) is 1.87. The van der Waals surface area contributed by atoms with Crippen LogP contribution in [0.5, 0.6) is 0 Å². The number of nitrogens with one attached hydrogen (secondary N) is 1. The molecular formula is C13H14ClFN2S. The number of benzene rings is 1. The highest BCUT2D eigenvalue weighted by Crippen LogP contribution is 2.33. The van der Waals surface area contributed by atoms with Gasteiger partial charge >= 0.3 is 0 Å². The molecule has 0 atom stereocenters. The summed E-state index contributed by atoms with van der Waals surface area (Å²) in [4.78, 5) is 5.78. The van der Waals surface area contributed by atoms with E-state index < -0.39 is 0 Å². The van der Waals surface area contributed by atoms with Gasteiger partial charge in [0, 0.05) is 17.0 Å². The zero-order valence-electron chi connectivity index (χ0n) is 10.3. The number of aryl methyl sites for hydroxylation is 1. The number of rotatable bonds is 4. The van der Waals surface area contributed by atoms with Crippen LogP contribution in [0.15, 0.2) is 18.2 Å². The lowest BCUT2D eigenvalue weighted by Crippen LogP contribution is -2.05. The molecule has 2 aromatic rings. The monoisotopic (exact) mass is 284 g/mol. The van der Waals surface area contributed by atoms with Crippen LogP contribution in [0.25, 0.3) is 10.6 Å². The van der Waals surface area contributed by atoms with Gasteiger partial charge in [-0.15, -0.1) is 11.3 Å². The third-order valence-electron chi connectivity index (χ3n) is 2.61. The second kappa shape index (κ2) is 5.78. The Balaban J connectivity index is 2.44. The van der Waals surface area contributed by atoms with Crippen molar-refractivity contribution in [1.82, 2.24) is 10.3 Å². The standard InChI is InChI=1S/C13H14ClFN2S/c1-3-11-12(7-16-2)18-13(17-11)9-5-4-8(15)6-10(9)14/h4-6,16H,3,7H2,1-2H3. The minimum atomic E-state index is -0.327. The predicted molar refractivity (Wildman–Crippen MR) is 74.7 cm³/mol. The maximum atomic E-state index is 13.0. The molecule has 1 aromatic heterocycles. The molecule has 0 radical (unpaired) electrons. The van der Waals surface area contributed by atoms with E-state index in [0.29, 0.717) is 5.02 Å². The summed E-state index contributed by atoms with van der Waals surface area (Å²) in [6, 6.07) is 4.41. The van der Waals surface area contributed by atoms with Gasteiger partial charge in [-0.2, -0.15) is 0 Å². The van der Waals surface area contributed by atoms with Gasteiger partial charge in [-0.05, 0) is 31.7 Å². The summed E-state index contributed by atoms with van der Waals surface area (Å²) in [7, 11) is 1.91. The molecule has 0 bridgehead atoms. The zero-order chi connectivity index (χ0) is 13.1. The number of nitrogens with zero attached hydrogens (tertiary/aromatic N) is 1. The van der Waals surface area contributed by atoms with Crippen LogP contribution in [-0.2, 0) is 13.0 Å². The van der Waals surface area contributed by atoms with Gasteiger partial charge in [0.05, 0.1) is 10.7 Å². The van der Waals surface area contributed by atoms with Crippen molar-refractivity contribution in [2.24, 2.45) is 0 Å². The second-order valence-corrected chi connectivity index (χ2v) is 5.39. The fraction of sp³-hybridized carbons (Fsp3) is 0.308. The Bertz CT molecular complexity index is 554. The van der Waals surface area contributed by atoms with Crippen molar-refractivity contribution in [2.75, 3.05) is 7.05 Å². The van der Waals surface area contributed by atoms with Gasteiger partial charge in [0.15, 0.2) is 0 Å². The summed E-state index contributed by atoms with van der Waals surface area (Å²) < 4.78 is 13.0. The highest BCUT2D eigenvalue weighted by molar-refractivity contribution is 7.15. The second-order valence-electron chi connectivity index (χ2n) is 3.90. The van der Waals surface area contributed by atoms with E-state index in [4.69, 9.17) is 11.6 Å². The quantitative estimate of drug-likeness (QED) is 0.921. The summed E-state index contributed by atoms with van der Waals surface area (Å²) in [5.74, 6) is -0.327. The molecule has 96 valence electrons. The first-order valence-electron chi connectivity index (χ1n) is 5.74. The lowest BCUT2D eigenvalue weighted by molar-refractivity contribution is 0.628. The Morgan fingerprint density at radius 2 is 2.22 bits per heavy atom. The Morgan fingerprint density at radius 1 is 1.44 bits per heavy atom. The van der Waals surface area contributed by atoms with Gasteiger partial charge in [0.1, 0.15) is 10.8 Å². The molecule has 1 heterocycles. The molecule has 0 aliphatic heterocycles. The number of thiazole rings is 1. The first kappa shape index (κ1) is 13.5. The number of aromatic nitrogens is 1. The topological polar surface area (TPSA) is 24.9 Å². The van der Waals surface area contributed by atoms with Crippen LogP contribution in [0, 0.1) is 5.82 Å². The van der Waals surface area contributed by atoms with Gasteiger partial charge in [-0.1, -0.05) is 18.5 Å². The van der Waals surface area contributed by atoms with Gasteiger partial charge in [-0.25, -0.2) is 9.37 Å². The molecule has 5 heteroatoms. The maximum Gasteiger partial charge on any atom is 0.125 e. The fourth-order valence-electron chi connectivity index (χ4n) is 1.74. The molecule has 2 nitrogen and oxygen atoms in total. The van der Waals surface area contributed by atoms with Crippen molar-refractivity contribution in [3.8, 4) is 10.6 Å². The van der Waals surface area contributed by atoms with Gasteiger partial charge < -0.3 is 5.32 Å². The lowest BCUT2D eigenvalue weighted by Gasteiger charge is -1.99. The Hall–Kier alpha value is -0.970. The zero-order valence-corrected chi connectivity index (χ0v) is 11.8. The number of halogens is 2. The Labute approximate surface area is 115 Å². The molecule has 0 amide bonds. The lowest BCUT2D eigenvalue weighted by atomic mass is 10.2. The van der Waals surface area contributed by atoms with Crippen molar-refractivity contribution < 1.29 is 4.39 Å². The van der Waals surface area contributed by atoms with Crippen LogP contribution in [0.1, 0.15) is 17.5 Å². The maximum absolute atomic E-state index is 13.0. The fourth-order valence-corrected chi connectivity index (χ4v) is 3.25. The van der Waals surface area contributed by atoms with Crippen LogP contribution >= 0.6 is 22.9 Å². The summed E-state index contributed by atoms with van der Waals surface area (Å²) in [6.45, 7) is 2.86. The van der Waals surface area contributed by atoms with Crippen molar-refractivity contribution in [1.29, 1.82) is 0 Å². The average molecular weight is 285 g/mol. The first-order chi connectivity index (χ1) is 8.65. The minimum Gasteiger partial charge on any atom is -0.315 e. The number of hydrogen-bond donors (Lipinski definition) is 1. The van der Waals surface area contributed by atoms with E-state index in [-0.39, 0.29) is 5.82 Å². The molecular weight excluding hydrogens is 271 g/mol. The van der Waals surface area contributed by atoms with Gasteiger partial charge in [0.25, 0.3) is 0 Å². The summed E-state index contributed by atoms with van der Waals surface area (Å²) >= 11 is 7.66. The predicted octanol–water partition coefficient (Wildman–Crippen LogP) is 3.88. The first-order valence-corrected chi connectivity index (χ1v) is 6.93. The van der Waals surface area contributed by atoms with Crippen LogP contribution in [-0.4, -0.2) is 12.0 Å². The van der Waals surface area contributed by atoms with E-state index in [2.05, 4.69) is 17.2 Å². The van der Waals surface area contributed by atoms with Crippen molar-refractivity contribution in [2.45, 2.75) is 19.9 Å². The minimum absolute atomic E-state index is 0.327. The molecule has 18 heavy (non-hydrogen) atoms. The summed E-state index contributed by atoms with van der Waals surface area (Å²) in [6.07, 6.45) is 0.881. The smallest absolute Gasteiger partial charge is 0.125 e. The number of hydrogen-bond acceptors (Lipinski definition) is 3. The van der Waals surface area contributed by atoms with Gasteiger partial charge in [0.2, 0.25) is 0 Å². The van der Waals surface area contributed by atoms with Crippen LogP contribution in [0.4, 0.5) is 4.39 Å². The molecule has 0 saturated heterocycles. The van der Waals surface area contributed by atoms with Crippen LogP contribution in [0.3, 0.4) is 0 Å². The highest BCUT2D eigenvalue weighted by atomic mass is 35.5. The molecule has 1 N–H and O–H groups in total. The van der Waals surface area contributed by atoms with E-state index in [9.17, 15) is 4.39 Å². The normalized spacial score (nSPS) is 10.9. The largest absolute Gasteiger partial charge is 0.315 e. The van der Waals surface area contributed by atoms with Gasteiger partial charge in [-0.3, -0.25) is 0 Å². The highest BCUT2D eigenvalue weighted by Gasteiger charge is 2.13. The molecule has 0 saturated carbocycles. The Kier molecular flexibility index (Phi) is 4.32. The summed E-state index contributed by atoms with van der Waals surface area (Å²) in [5, 5.41) is 4.38. The molecule has 0 unspecified atom stereocenters. The molecule has 0 aliphatic rings. The third kappa shape index (κ3) is 2.71. The van der Waals surface area contributed by atoms with Crippen LogP contribution in [0.2, 0.25) is 5.02 Å². The van der Waals surface area contributed by atoms with Crippen molar-refractivity contribution in [3.05, 3.63) is 39.6 Å². The molecule has 0 aliphatic carbocycles. The van der Waals surface area contributed by atoms with E-state index in [0.717, 1.165) is 29.2 Å². The van der Waals surface area contributed by atoms with E-state index >= 15 is 0 Å². The average Bonchev–Trinajstić information content (AvgIpc) is 2.72. The SMILES string of the molecule is CCc1nc(-c2ccc(F)cc2Cl)sc1CNC.